The lowest BCUT2D eigenvalue weighted by molar-refractivity contribution is -0.121. The predicted molar refractivity (Wildman–Crippen MR) is 69.4 cm³/mol. The summed E-state index contributed by atoms with van der Waals surface area (Å²) in [6.45, 7) is 3.18. The molecule has 0 aromatic rings. The second-order valence-electron chi connectivity index (χ2n) is 6.15. The van der Waals surface area contributed by atoms with Crippen molar-refractivity contribution in [2.24, 2.45) is 23.5 Å². The van der Waals surface area contributed by atoms with Gasteiger partial charge in [0.25, 0.3) is 0 Å². The first kappa shape index (κ1) is 12.9. The molecule has 3 N–H and O–H groups in total. The van der Waals surface area contributed by atoms with Gasteiger partial charge in [0, 0.05) is 19.0 Å². The number of carbonyl (C=O) groups excluding carboxylic acids is 1. The van der Waals surface area contributed by atoms with E-state index in [2.05, 4.69) is 12.2 Å². The monoisotopic (exact) mass is 238 g/mol. The van der Waals surface area contributed by atoms with Crippen molar-refractivity contribution in [2.75, 3.05) is 6.54 Å². The summed E-state index contributed by atoms with van der Waals surface area (Å²) in [6.07, 6.45) is 8.19. The number of nitrogens with one attached hydrogen (secondary N) is 1. The summed E-state index contributed by atoms with van der Waals surface area (Å²) in [5.41, 5.74) is 5.95. The topological polar surface area (TPSA) is 55.1 Å². The van der Waals surface area contributed by atoms with Crippen molar-refractivity contribution >= 4 is 5.91 Å². The standard InChI is InChI=1S/C14H26N2O/c1-10-3-2-4-11(7-10)9-16-14(17)8-13(15)12-5-6-12/h10-13H,2-9,15H2,1H3,(H,16,17). The van der Waals surface area contributed by atoms with Crippen LogP contribution in [0.2, 0.25) is 0 Å². The van der Waals surface area contributed by atoms with Crippen molar-refractivity contribution < 1.29 is 4.79 Å². The lowest BCUT2D eigenvalue weighted by Gasteiger charge is -2.26. The Hall–Kier alpha value is -0.570. The van der Waals surface area contributed by atoms with E-state index < -0.39 is 0 Å². The zero-order valence-corrected chi connectivity index (χ0v) is 11.0. The third-order valence-electron chi connectivity index (χ3n) is 4.28. The minimum Gasteiger partial charge on any atom is -0.356 e. The van der Waals surface area contributed by atoms with E-state index in [4.69, 9.17) is 5.73 Å². The Balaban J connectivity index is 1.61. The Morgan fingerprint density at radius 1 is 1.35 bits per heavy atom. The number of nitrogens with two attached hydrogens (primary N) is 1. The second kappa shape index (κ2) is 5.85. The van der Waals surface area contributed by atoms with Crippen LogP contribution in [0, 0.1) is 17.8 Å². The Bertz CT molecular complexity index is 263. The fourth-order valence-corrected chi connectivity index (χ4v) is 2.98. The molecule has 0 aliphatic heterocycles. The van der Waals surface area contributed by atoms with Gasteiger partial charge in [0.15, 0.2) is 0 Å². The van der Waals surface area contributed by atoms with Gasteiger partial charge in [0.2, 0.25) is 5.91 Å². The number of hydrogen-bond donors (Lipinski definition) is 2. The van der Waals surface area contributed by atoms with Crippen LogP contribution in [0.1, 0.15) is 51.9 Å². The Labute approximate surface area is 105 Å². The number of rotatable bonds is 5. The Morgan fingerprint density at radius 2 is 2.12 bits per heavy atom. The van der Waals surface area contributed by atoms with Gasteiger partial charge in [-0.25, -0.2) is 0 Å². The van der Waals surface area contributed by atoms with Crippen molar-refractivity contribution in [3.63, 3.8) is 0 Å². The molecule has 2 rings (SSSR count). The first-order chi connectivity index (χ1) is 8.15. The van der Waals surface area contributed by atoms with Gasteiger partial charge >= 0.3 is 0 Å². The zero-order chi connectivity index (χ0) is 12.3. The summed E-state index contributed by atoms with van der Waals surface area (Å²) >= 11 is 0. The molecular formula is C14H26N2O. The summed E-state index contributed by atoms with van der Waals surface area (Å²) in [4.78, 5) is 11.7. The predicted octanol–water partition coefficient (Wildman–Crippen LogP) is 2.06. The normalized spacial score (nSPS) is 30.9. The highest BCUT2D eigenvalue weighted by atomic mass is 16.1. The van der Waals surface area contributed by atoms with E-state index in [-0.39, 0.29) is 11.9 Å². The lowest BCUT2D eigenvalue weighted by Crippen LogP contribution is -2.36. The molecule has 1 amide bonds. The molecule has 0 aromatic carbocycles. The van der Waals surface area contributed by atoms with Crippen LogP contribution in [0.3, 0.4) is 0 Å². The quantitative estimate of drug-likeness (QED) is 0.770. The molecule has 0 aromatic heterocycles. The van der Waals surface area contributed by atoms with Gasteiger partial charge in [-0.05, 0) is 43.4 Å². The van der Waals surface area contributed by atoms with Gasteiger partial charge in [-0.2, -0.15) is 0 Å². The van der Waals surface area contributed by atoms with E-state index in [1.165, 1.54) is 38.5 Å². The Morgan fingerprint density at radius 3 is 2.76 bits per heavy atom. The summed E-state index contributed by atoms with van der Waals surface area (Å²) in [5.74, 6) is 2.30. The minimum absolute atomic E-state index is 0.0975. The van der Waals surface area contributed by atoms with Crippen molar-refractivity contribution in [3.05, 3.63) is 0 Å². The molecule has 2 aliphatic carbocycles. The van der Waals surface area contributed by atoms with Crippen molar-refractivity contribution in [3.8, 4) is 0 Å². The lowest BCUT2D eigenvalue weighted by atomic mass is 9.82. The van der Waals surface area contributed by atoms with Crippen molar-refractivity contribution in [1.29, 1.82) is 0 Å². The van der Waals surface area contributed by atoms with Crippen LogP contribution in [-0.4, -0.2) is 18.5 Å². The molecule has 17 heavy (non-hydrogen) atoms. The maximum Gasteiger partial charge on any atom is 0.221 e. The highest BCUT2D eigenvalue weighted by Crippen LogP contribution is 2.32. The van der Waals surface area contributed by atoms with Gasteiger partial charge in [-0.15, -0.1) is 0 Å². The zero-order valence-electron chi connectivity index (χ0n) is 11.0. The smallest absolute Gasteiger partial charge is 0.221 e. The Kier molecular flexibility index (Phi) is 4.43. The molecule has 0 spiro atoms. The largest absolute Gasteiger partial charge is 0.356 e. The minimum atomic E-state index is 0.0975. The summed E-state index contributed by atoms with van der Waals surface area (Å²) in [7, 11) is 0. The van der Waals surface area contributed by atoms with E-state index in [9.17, 15) is 4.79 Å². The fraction of sp³-hybridized carbons (Fsp3) is 0.929. The summed E-state index contributed by atoms with van der Waals surface area (Å²) in [5, 5.41) is 3.07. The van der Waals surface area contributed by atoms with E-state index >= 15 is 0 Å². The highest BCUT2D eigenvalue weighted by molar-refractivity contribution is 5.76. The average Bonchev–Trinajstić information content (AvgIpc) is 3.10. The number of carbonyl (C=O) groups is 1. The van der Waals surface area contributed by atoms with Crippen LogP contribution in [-0.2, 0) is 4.79 Å². The molecule has 0 radical (unpaired) electrons. The third-order valence-corrected chi connectivity index (χ3v) is 4.28. The van der Waals surface area contributed by atoms with Crippen LogP contribution >= 0.6 is 0 Å². The van der Waals surface area contributed by atoms with E-state index in [1.807, 2.05) is 0 Å². The molecule has 2 fully saturated rings. The molecule has 3 unspecified atom stereocenters. The van der Waals surface area contributed by atoms with E-state index in [1.54, 1.807) is 0 Å². The molecular weight excluding hydrogens is 212 g/mol. The van der Waals surface area contributed by atoms with Crippen molar-refractivity contribution in [1.82, 2.24) is 5.32 Å². The van der Waals surface area contributed by atoms with Gasteiger partial charge in [-0.3, -0.25) is 4.79 Å². The molecule has 2 saturated carbocycles. The molecule has 0 bridgehead atoms. The molecule has 3 atom stereocenters. The van der Waals surface area contributed by atoms with Gasteiger partial charge < -0.3 is 11.1 Å². The summed E-state index contributed by atoms with van der Waals surface area (Å²) in [6, 6.07) is 0.0975. The second-order valence-corrected chi connectivity index (χ2v) is 6.15. The SMILES string of the molecule is CC1CCCC(CNC(=O)CC(N)C2CC2)C1. The third kappa shape index (κ3) is 4.30. The van der Waals surface area contributed by atoms with Crippen LogP contribution in [0.4, 0.5) is 0 Å². The first-order valence-corrected chi connectivity index (χ1v) is 7.17. The molecule has 2 aliphatic rings. The fourth-order valence-electron chi connectivity index (χ4n) is 2.98. The molecule has 3 heteroatoms. The van der Waals surface area contributed by atoms with E-state index in [0.717, 1.165) is 12.5 Å². The van der Waals surface area contributed by atoms with Crippen molar-refractivity contribution in [2.45, 2.75) is 57.9 Å². The average molecular weight is 238 g/mol. The maximum atomic E-state index is 11.7. The molecule has 98 valence electrons. The van der Waals surface area contributed by atoms with Gasteiger partial charge in [0.1, 0.15) is 0 Å². The van der Waals surface area contributed by atoms with Crippen LogP contribution < -0.4 is 11.1 Å². The maximum absolute atomic E-state index is 11.7. The van der Waals surface area contributed by atoms with Crippen LogP contribution in [0.15, 0.2) is 0 Å². The first-order valence-electron chi connectivity index (χ1n) is 7.17. The van der Waals surface area contributed by atoms with Crippen LogP contribution in [0.25, 0.3) is 0 Å². The number of amides is 1. The molecule has 0 heterocycles. The molecule has 3 nitrogen and oxygen atoms in total. The van der Waals surface area contributed by atoms with E-state index in [0.29, 0.717) is 18.3 Å². The van der Waals surface area contributed by atoms with Gasteiger partial charge in [0.05, 0.1) is 0 Å². The molecule has 0 saturated heterocycles. The summed E-state index contributed by atoms with van der Waals surface area (Å²) < 4.78 is 0. The highest BCUT2D eigenvalue weighted by Gasteiger charge is 2.29. The number of hydrogen-bond acceptors (Lipinski definition) is 2. The van der Waals surface area contributed by atoms with Gasteiger partial charge in [-0.1, -0.05) is 19.8 Å². The van der Waals surface area contributed by atoms with Crippen LogP contribution in [0.5, 0.6) is 0 Å².